The molecule has 0 aliphatic carbocycles. The van der Waals surface area contributed by atoms with E-state index in [1.807, 2.05) is 12.1 Å². The van der Waals surface area contributed by atoms with Gasteiger partial charge in [-0.05, 0) is 35.4 Å². The number of hydrogen-bond donors (Lipinski definition) is 1. The van der Waals surface area contributed by atoms with Gasteiger partial charge < -0.3 is 0 Å². The van der Waals surface area contributed by atoms with Crippen molar-refractivity contribution in [3.05, 3.63) is 70.2 Å². The van der Waals surface area contributed by atoms with Crippen LogP contribution >= 0.6 is 22.9 Å². The largest absolute Gasteiger partial charge is 0.434 e. The molecule has 0 atom stereocenters. The smallest absolute Gasteiger partial charge is 0.298 e. The molecule has 1 heterocycles. The van der Waals surface area contributed by atoms with Crippen molar-refractivity contribution in [1.82, 2.24) is 4.98 Å². The molecule has 128 valence electrons. The summed E-state index contributed by atoms with van der Waals surface area (Å²) in [6.45, 7) is 0. The van der Waals surface area contributed by atoms with Crippen molar-refractivity contribution in [2.75, 3.05) is 5.32 Å². The van der Waals surface area contributed by atoms with Crippen LogP contribution in [0.5, 0.6) is 0 Å². The van der Waals surface area contributed by atoms with E-state index in [9.17, 15) is 18.0 Å². The molecule has 0 spiro atoms. The standard InChI is InChI=1S/C17H10ClF3N2OS/c18-13-7-5-11(6-8-13)10-1-3-12(4-2-10)15(24)23-16-22-14(9-25-16)17(19,20)21/h1-9H,(H,22,23,24). The number of benzene rings is 2. The molecule has 1 aromatic heterocycles. The Morgan fingerprint density at radius 1 is 1.00 bits per heavy atom. The van der Waals surface area contributed by atoms with Crippen LogP contribution in [0.25, 0.3) is 11.1 Å². The zero-order chi connectivity index (χ0) is 18.0. The number of hydrogen-bond acceptors (Lipinski definition) is 3. The molecular formula is C17H10ClF3N2OS. The third-order valence-electron chi connectivity index (χ3n) is 3.34. The summed E-state index contributed by atoms with van der Waals surface area (Å²) in [5.41, 5.74) is 1.13. The second-order valence-corrected chi connectivity index (χ2v) is 6.37. The molecule has 25 heavy (non-hydrogen) atoms. The molecule has 0 bridgehead atoms. The molecule has 3 nitrogen and oxygen atoms in total. The number of carbonyl (C=O) groups is 1. The molecule has 1 amide bonds. The molecule has 2 aromatic carbocycles. The van der Waals surface area contributed by atoms with Gasteiger partial charge in [-0.2, -0.15) is 13.2 Å². The summed E-state index contributed by atoms with van der Waals surface area (Å²) >= 11 is 6.57. The first-order valence-electron chi connectivity index (χ1n) is 7.03. The number of aromatic nitrogens is 1. The van der Waals surface area contributed by atoms with E-state index in [-0.39, 0.29) is 5.13 Å². The Morgan fingerprint density at radius 3 is 2.08 bits per heavy atom. The third-order valence-corrected chi connectivity index (χ3v) is 4.35. The topological polar surface area (TPSA) is 42.0 Å². The number of thiazole rings is 1. The second-order valence-electron chi connectivity index (χ2n) is 5.07. The van der Waals surface area contributed by atoms with Crippen LogP contribution in [-0.4, -0.2) is 10.9 Å². The lowest BCUT2D eigenvalue weighted by Crippen LogP contribution is -2.12. The lowest BCUT2D eigenvalue weighted by molar-refractivity contribution is -0.140. The number of rotatable bonds is 3. The first kappa shape index (κ1) is 17.4. The highest BCUT2D eigenvalue weighted by molar-refractivity contribution is 7.14. The van der Waals surface area contributed by atoms with E-state index in [0.29, 0.717) is 10.6 Å². The fourth-order valence-electron chi connectivity index (χ4n) is 2.09. The van der Waals surface area contributed by atoms with Gasteiger partial charge in [0.2, 0.25) is 0 Å². The first-order valence-corrected chi connectivity index (χ1v) is 8.29. The molecule has 0 saturated heterocycles. The molecular weight excluding hydrogens is 373 g/mol. The minimum absolute atomic E-state index is 0.0981. The number of anilines is 1. The summed E-state index contributed by atoms with van der Waals surface area (Å²) < 4.78 is 37.5. The Balaban J connectivity index is 1.72. The number of carbonyl (C=O) groups excluding carboxylic acids is 1. The van der Waals surface area contributed by atoms with Crippen LogP contribution < -0.4 is 5.32 Å². The third kappa shape index (κ3) is 4.18. The molecule has 0 radical (unpaired) electrons. The number of alkyl halides is 3. The van der Waals surface area contributed by atoms with Crippen molar-refractivity contribution < 1.29 is 18.0 Å². The van der Waals surface area contributed by atoms with Crippen LogP contribution in [0, 0.1) is 0 Å². The van der Waals surface area contributed by atoms with Crippen molar-refractivity contribution in [2.24, 2.45) is 0 Å². The van der Waals surface area contributed by atoms with Crippen LogP contribution in [0.1, 0.15) is 16.1 Å². The Labute approximate surface area is 150 Å². The normalized spacial score (nSPS) is 11.4. The minimum atomic E-state index is -4.53. The Morgan fingerprint density at radius 2 is 1.56 bits per heavy atom. The molecule has 0 aliphatic heterocycles. The van der Waals surface area contributed by atoms with Crippen LogP contribution in [-0.2, 0) is 6.18 Å². The highest BCUT2D eigenvalue weighted by Crippen LogP contribution is 2.31. The quantitative estimate of drug-likeness (QED) is 0.628. The second kappa shape index (κ2) is 6.85. The van der Waals surface area contributed by atoms with Crippen LogP contribution in [0.2, 0.25) is 5.02 Å². The maximum atomic E-state index is 12.5. The van der Waals surface area contributed by atoms with Crippen molar-refractivity contribution in [2.45, 2.75) is 6.18 Å². The summed E-state index contributed by atoms with van der Waals surface area (Å²) in [5.74, 6) is -0.522. The summed E-state index contributed by atoms with van der Waals surface area (Å²) in [5, 5.41) is 3.76. The summed E-state index contributed by atoms with van der Waals surface area (Å²) in [7, 11) is 0. The predicted molar refractivity (Wildman–Crippen MR) is 92.0 cm³/mol. The van der Waals surface area contributed by atoms with E-state index in [1.165, 1.54) is 0 Å². The number of nitrogens with zero attached hydrogens (tertiary/aromatic N) is 1. The average molecular weight is 383 g/mol. The molecule has 3 rings (SSSR count). The van der Waals surface area contributed by atoms with Gasteiger partial charge in [0, 0.05) is 16.0 Å². The molecule has 0 unspecified atom stereocenters. The van der Waals surface area contributed by atoms with Crippen molar-refractivity contribution in [3.8, 4) is 11.1 Å². The Hall–Kier alpha value is -2.38. The van der Waals surface area contributed by atoms with E-state index in [0.717, 1.165) is 27.8 Å². The van der Waals surface area contributed by atoms with Gasteiger partial charge in [-0.25, -0.2) is 4.98 Å². The van der Waals surface area contributed by atoms with Gasteiger partial charge in [0.1, 0.15) is 0 Å². The SMILES string of the molecule is O=C(Nc1nc(C(F)(F)F)cs1)c1ccc(-c2ccc(Cl)cc2)cc1. The first-order chi connectivity index (χ1) is 11.8. The van der Waals surface area contributed by atoms with E-state index < -0.39 is 17.8 Å². The van der Waals surface area contributed by atoms with Crippen LogP contribution in [0.15, 0.2) is 53.9 Å². The van der Waals surface area contributed by atoms with Gasteiger partial charge >= 0.3 is 6.18 Å². The van der Waals surface area contributed by atoms with E-state index in [1.54, 1.807) is 36.4 Å². The van der Waals surface area contributed by atoms with Gasteiger partial charge in [0.25, 0.3) is 5.91 Å². The zero-order valence-electron chi connectivity index (χ0n) is 12.5. The summed E-state index contributed by atoms with van der Waals surface area (Å²) in [6.07, 6.45) is -4.53. The Bertz CT molecular complexity index is 890. The van der Waals surface area contributed by atoms with Gasteiger partial charge in [-0.3, -0.25) is 10.1 Å². The molecule has 0 fully saturated rings. The lowest BCUT2D eigenvalue weighted by Gasteiger charge is -2.05. The number of nitrogens with one attached hydrogen (secondary N) is 1. The number of amides is 1. The highest BCUT2D eigenvalue weighted by Gasteiger charge is 2.33. The van der Waals surface area contributed by atoms with Gasteiger partial charge in [0.15, 0.2) is 10.8 Å². The van der Waals surface area contributed by atoms with Crippen molar-refractivity contribution in [3.63, 3.8) is 0 Å². The fourth-order valence-corrected chi connectivity index (χ4v) is 2.93. The van der Waals surface area contributed by atoms with Gasteiger partial charge in [-0.15, -0.1) is 11.3 Å². The van der Waals surface area contributed by atoms with Crippen LogP contribution in [0.4, 0.5) is 18.3 Å². The molecule has 1 N–H and O–H groups in total. The number of halogens is 4. The monoisotopic (exact) mass is 382 g/mol. The Kier molecular flexibility index (Phi) is 4.78. The molecule has 3 aromatic rings. The fraction of sp³-hybridized carbons (Fsp3) is 0.0588. The van der Waals surface area contributed by atoms with E-state index in [2.05, 4.69) is 10.3 Å². The van der Waals surface area contributed by atoms with Crippen molar-refractivity contribution >= 4 is 34.0 Å². The van der Waals surface area contributed by atoms with Gasteiger partial charge in [0.05, 0.1) is 0 Å². The maximum absolute atomic E-state index is 12.5. The zero-order valence-corrected chi connectivity index (χ0v) is 14.0. The summed E-state index contributed by atoms with van der Waals surface area (Å²) in [4.78, 5) is 15.5. The molecule has 0 aliphatic rings. The highest BCUT2D eigenvalue weighted by atomic mass is 35.5. The van der Waals surface area contributed by atoms with Crippen LogP contribution in [0.3, 0.4) is 0 Å². The maximum Gasteiger partial charge on any atom is 0.434 e. The average Bonchev–Trinajstić information content (AvgIpc) is 3.04. The summed E-state index contributed by atoms with van der Waals surface area (Å²) in [6, 6.07) is 13.9. The van der Waals surface area contributed by atoms with E-state index in [4.69, 9.17) is 11.6 Å². The van der Waals surface area contributed by atoms with Crippen molar-refractivity contribution in [1.29, 1.82) is 0 Å². The van der Waals surface area contributed by atoms with Gasteiger partial charge in [-0.1, -0.05) is 35.9 Å². The predicted octanol–water partition coefficient (Wildman–Crippen LogP) is 5.73. The minimum Gasteiger partial charge on any atom is -0.298 e. The molecule has 0 saturated carbocycles. The van der Waals surface area contributed by atoms with E-state index >= 15 is 0 Å². The lowest BCUT2D eigenvalue weighted by atomic mass is 10.0. The molecule has 8 heteroatoms.